The molecule has 2 saturated heterocycles. The third-order valence-electron chi connectivity index (χ3n) is 8.10. The highest BCUT2D eigenvalue weighted by Gasteiger charge is 2.76. The van der Waals surface area contributed by atoms with Crippen molar-refractivity contribution in [3.05, 3.63) is 11.8 Å². The molecule has 3 aliphatic carbocycles. The highest BCUT2D eigenvalue weighted by molar-refractivity contribution is 5.76. The van der Waals surface area contributed by atoms with Crippen molar-refractivity contribution < 1.29 is 4.79 Å². The maximum Gasteiger partial charge on any atom is 0.223 e. The van der Waals surface area contributed by atoms with E-state index in [0.717, 1.165) is 24.3 Å². The predicted molar refractivity (Wildman–Crippen MR) is 86.0 cm³/mol. The lowest BCUT2D eigenvalue weighted by Crippen LogP contribution is -2.65. The molecule has 0 unspecified atom stereocenters. The summed E-state index contributed by atoms with van der Waals surface area (Å²) in [6.07, 6.45) is 9.16. The first kappa shape index (κ1) is 13.6. The lowest BCUT2D eigenvalue weighted by Gasteiger charge is -2.62. The first-order chi connectivity index (χ1) is 10.5. The third-order valence-corrected chi connectivity index (χ3v) is 8.10. The first-order valence-electron chi connectivity index (χ1n) is 9.22. The summed E-state index contributed by atoms with van der Waals surface area (Å²) >= 11 is 0. The number of likely N-dealkylation sites (tertiary alicyclic amines) is 2. The van der Waals surface area contributed by atoms with E-state index in [1.807, 2.05) is 0 Å². The van der Waals surface area contributed by atoms with Crippen LogP contribution in [0, 0.1) is 29.1 Å². The molecule has 0 radical (unpaired) electrons. The van der Waals surface area contributed by atoms with E-state index in [9.17, 15) is 4.79 Å². The molecule has 2 heterocycles. The van der Waals surface area contributed by atoms with Crippen LogP contribution in [0.25, 0.3) is 0 Å². The number of amides is 1. The number of hydrogen-bond donors (Lipinski definition) is 0. The molecule has 1 amide bonds. The van der Waals surface area contributed by atoms with Crippen LogP contribution in [0.2, 0.25) is 0 Å². The molecule has 5 aliphatic rings. The SMILES string of the molecule is CC(=O)N1CCC[C@]23C1=C[C@@H]1C[C@H](C)C[C@@]24[C@@H]1C[C@@H]3CN4C. The summed E-state index contributed by atoms with van der Waals surface area (Å²) in [6.45, 7) is 6.42. The summed E-state index contributed by atoms with van der Waals surface area (Å²) in [5.74, 6) is 3.43. The molecule has 0 N–H and O–H groups in total. The summed E-state index contributed by atoms with van der Waals surface area (Å²) in [5.41, 5.74) is 2.10. The Hall–Kier alpha value is -0.830. The quantitative estimate of drug-likeness (QED) is 0.687. The van der Waals surface area contributed by atoms with Crippen molar-refractivity contribution in [2.75, 3.05) is 20.1 Å². The summed E-state index contributed by atoms with van der Waals surface area (Å²) < 4.78 is 0. The molecule has 22 heavy (non-hydrogen) atoms. The highest BCUT2D eigenvalue weighted by atomic mass is 16.2. The van der Waals surface area contributed by atoms with Crippen LogP contribution in [-0.4, -0.2) is 41.4 Å². The number of piperidine rings is 2. The monoisotopic (exact) mass is 300 g/mol. The van der Waals surface area contributed by atoms with E-state index in [1.165, 1.54) is 44.3 Å². The Labute approximate surface area is 133 Å². The van der Waals surface area contributed by atoms with Crippen molar-refractivity contribution >= 4 is 5.91 Å². The molecule has 3 heteroatoms. The summed E-state index contributed by atoms with van der Waals surface area (Å²) in [6, 6.07) is 0. The van der Waals surface area contributed by atoms with E-state index in [0.29, 0.717) is 16.9 Å². The molecule has 2 aliphatic heterocycles. The number of nitrogens with zero attached hydrogens (tertiary/aromatic N) is 2. The zero-order valence-corrected chi connectivity index (χ0v) is 14.1. The summed E-state index contributed by atoms with van der Waals surface area (Å²) in [4.78, 5) is 17.2. The molecule has 5 rings (SSSR count). The van der Waals surface area contributed by atoms with Crippen LogP contribution in [0.5, 0.6) is 0 Å². The van der Waals surface area contributed by atoms with Gasteiger partial charge >= 0.3 is 0 Å². The van der Waals surface area contributed by atoms with Crippen molar-refractivity contribution in [1.82, 2.24) is 9.80 Å². The van der Waals surface area contributed by atoms with Crippen LogP contribution >= 0.6 is 0 Å². The second-order valence-corrected chi connectivity index (χ2v) is 8.85. The molecule has 2 saturated carbocycles. The predicted octanol–water partition coefficient (Wildman–Crippen LogP) is 2.88. The van der Waals surface area contributed by atoms with Crippen LogP contribution in [0.4, 0.5) is 0 Å². The Morgan fingerprint density at radius 2 is 2.18 bits per heavy atom. The van der Waals surface area contributed by atoms with Gasteiger partial charge in [-0.1, -0.05) is 13.0 Å². The topological polar surface area (TPSA) is 23.6 Å². The number of carbonyl (C=O) groups is 1. The fourth-order valence-corrected chi connectivity index (χ4v) is 7.81. The van der Waals surface area contributed by atoms with Crippen LogP contribution in [0.15, 0.2) is 11.8 Å². The molecule has 0 aromatic heterocycles. The number of hydrogen-bond acceptors (Lipinski definition) is 2. The Bertz CT molecular complexity index is 584. The van der Waals surface area contributed by atoms with Gasteiger partial charge in [0.05, 0.1) is 0 Å². The van der Waals surface area contributed by atoms with Crippen molar-refractivity contribution in [3.63, 3.8) is 0 Å². The van der Waals surface area contributed by atoms with Crippen molar-refractivity contribution in [3.8, 4) is 0 Å². The largest absolute Gasteiger partial charge is 0.316 e. The van der Waals surface area contributed by atoms with Gasteiger partial charge in [0.15, 0.2) is 0 Å². The van der Waals surface area contributed by atoms with Crippen LogP contribution < -0.4 is 0 Å². The number of rotatable bonds is 0. The normalized spacial score (nSPS) is 52.5. The van der Waals surface area contributed by atoms with Gasteiger partial charge in [-0.2, -0.15) is 0 Å². The molecule has 3 nitrogen and oxygen atoms in total. The van der Waals surface area contributed by atoms with Gasteiger partial charge in [-0.3, -0.25) is 9.69 Å². The standard InChI is InChI=1S/C19H28N2O/c1-12-7-14-8-17-18(5-4-6-21(17)13(2)22)15-9-16(14)19(18,10-12)20(3)11-15/h8,12,14-16H,4-7,9-11H2,1-3H3/t12-,14-,15+,16+,18-,19+/m0/s1. The average molecular weight is 300 g/mol. The van der Waals surface area contributed by atoms with Gasteiger partial charge in [-0.05, 0) is 62.8 Å². The van der Waals surface area contributed by atoms with Gasteiger partial charge in [0, 0.05) is 36.7 Å². The Morgan fingerprint density at radius 3 is 2.95 bits per heavy atom. The van der Waals surface area contributed by atoms with Gasteiger partial charge in [0.1, 0.15) is 0 Å². The van der Waals surface area contributed by atoms with E-state index < -0.39 is 0 Å². The zero-order chi connectivity index (χ0) is 15.3. The smallest absolute Gasteiger partial charge is 0.223 e. The Morgan fingerprint density at radius 1 is 1.36 bits per heavy atom. The molecular formula is C19H28N2O. The minimum absolute atomic E-state index is 0.264. The summed E-state index contributed by atoms with van der Waals surface area (Å²) in [5, 5.41) is 0. The van der Waals surface area contributed by atoms with E-state index in [1.54, 1.807) is 6.92 Å². The second-order valence-electron chi connectivity index (χ2n) is 8.85. The van der Waals surface area contributed by atoms with Crippen LogP contribution in [-0.2, 0) is 4.79 Å². The molecule has 120 valence electrons. The second kappa shape index (κ2) is 3.98. The lowest BCUT2D eigenvalue weighted by atomic mass is 9.51. The summed E-state index contributed by atoms with van der Waals surface area (Å²) in [7, 11) is 2.37. The van der Waals surface area contributed by atoms with E-state index in [2.05, 4.69) is 29.8 Å². The fourth-order valence-electron chi connectivity index (χ4n) is 7.81. The Balaban J connectivity index is 1.76. The maximum atomic E-state index is 12.3. The highest BCUT2D eigenvalue weighted by Crippen LogP contribution is 2.75. The van der Waals surface area contributed by atoms with Gasteiger partial charge in [0.2, 0.25) is 5.91 Å². The molecule has 4 fully saturated rings. The van der Waals surface area contributed by atoms with Gasteiger partial charge in [-0.15, -0.1) is 0 Å². The average Bonchev–Trinajstić information content (AvgIpc) is 2.77. The minimum Gasteiger partial charge on any atom is -0.316 e. The van der Waals surface area contributed by atoms with E-state index in [4.69, 9.17) is 0 Å². The van der Waals surface area contributed by atoms with Crippen molar-refractivity contribution in [2.24, 2.45) is 29.1 Å². The van der Waals surface area contributed by atoms with Crippen LogP contribution in [0.3, 0.4) is 0 Å². The molecule has 5 bridgehead atoms. The number of allylic oxidation sites excluding steroid dienone is 1. The van der Waals surface area contributed by atoms with E-state index >= 15 is 0 Å². The van der Waals surface area contributed by atoms with Gasteiger partial charge in [-0.25, -0.2) is 0 Å². The molecule has 0 aromatic carbocycles. The molecule has 6 atom stereocenters. The van der Waals surface area contributed by atoms with Crippen molar-refractivity contribution in [1.29, 1.82) is 0 Å². The molecule has 0 aromatic rings. The number of carbonyl (C=O) groups excluding carboxylic acids is 1. The molecular weight excluding hydrogens is 272 g/mol. The van der Waals surface area contributed by atoms with Crippen LogP contribution in [0.1, 0.15) is 46.0 Å². The van der Waals surface area contributed by atoms with Gasteiger partial charge in [0.25, 0.3) is 0 Å². The van der Waals surface area contributed by atoms with Crippen molar-refractivity contribution in [2.45, 2.75) is 51.5 Å². The fraction of sp³-hybridized carbons (Fsp3) is 0.842. The minimum atomic E-state index is 0.264. The molecule has 2 spiro atoms. The first-order valence-corrected chi connectivity index (χ1v) is 9.22. The van der Waals surface area contributed by atoms with E-state index in [-0.39, 0.29) is 5.91 Å². The van der Waals surface area contributed by atoms with Gasteiger partial charge < -0.3 is 4.90 Å². The third kappa shape index (κ3) is 1.22. The maximum absolute atomic E-state index is 12.3. The lowest BCUT2D eigenvalue weighted by molar-refractivity contribution is -0.132. The zero-order valence-electron chi connectivity index (χ0n) is 14.1. The Kier molecular flexibility index (Phi) is 2.46.